The van der Waals surface area contributed by atoms with Crippen LogP contribution in [0.3, 0.4) is 0 Å². The number of fused-ring (bicyclic) bond motifs is 1. The zero-order chi connectivity index (χ0) is 16.2. The van der Waals surface area contributed by atoms with Gasteiger partial charge in [-0.25, -0.2) is 9.37 Å². The van der Waals surface area contributed by atoms with Gasteiger partial charge in [0.2, 0.25) is 0 Å². The van der Waals surface area contributed by atoms with Gasteiger partial charge in [-0.05, 0) is 17.7 Å². The van der Waals surface area contributed by atoms with E-state index in [-0.39, 0.29) is 24.6 Å². The molecule has 0 fully saturated rings. The quantitative estimate of drug-likeness (QED) is 0.759. The Kier molecular flexibility index (Phi) is 4.34. The molecule has 0 saturated heterocycles. The minimum absolute atomic E-state index is 0.163. The number of amides is 1. The van der Waals surface area contributed by atoms with E-state index in [1.54, 1.807) is 0 Å². The van der Waals surface area contributed by atoms with Gasteiger partial charge in [0, 0.05) is 13.1 Å². The third-order valence-electron chi connectivity index (χ3n) is 3.59. The molecule has 3 aromatic rings. The average molecular weight is 313 g/mol. The number of imidazole rings is 1. The molecule has 2 aromatic carbocycles. The van der Waals surface area contributed by atoms with Crippen LogP contribution in [0.2, 0.25) is 0 Å². The van der Waals surface area contributed by atoms with Crippen LogP contribution in [0.1, 0.15) is 15.9 Å². The maximum atomic E-state index is 13.7. The van der Waals surface area contributed by atoms with Crippen molar-refractivity contribution in [2.75, 3.05) is 13.2 Å². The monoisotopic (exact) mass is 313 g/mol. The summed E-state index contributed by atoms with van der Waals surface area (Å²) in [4.78, 5) is 21.2. The van der Waals surface area contributed by atoms with Crippen molar-refractivity contribution in [2.24, 2.45) is 0 Å². The van der Waals surface area contributed by atoms with Crippen molar-refractivity contribution in [3.8, 4) is 0 Å². The van der Waals surface area contributed by atoms with Crippen molar-refractivity contribution in [2.45, 2.75) is 6.54 Å². The molecule has 118 valence electrons. The maximum absolute atomic E-state index is 13.7. The number of aliphatic hydroxyl groups excluding tert-OH is 1. The van der Waals surface area contributed by atoms with Crippen molar-refractivity contribution < 1.29 is 14.3 Å². The molecule has 6 heteroatoms. The van der Waals surface area contributed by atoms with Gasteiger partial charge in [0.05, 0.1) is 24.0 Å². The molecule has 5 nitrogen and oxygen atoms in total. The molecule has 1 heterocycles. The highest BCUT2D eigenvalue weighted by molar-refractivity contribution is 6.04. The molecule has 23 heavy (non-hydrogen) atoms. The Morgan fingerprint density at radius 2 is 2.04 bits per heavy atom. The van der Waals surface area contributed by atoms with Gasteiger partial charge < -0.3 is 15.0 Å². The summed E-state index contributed by atoms with van der Waals surface area (Å²) >= 11 is 0. The highest BCUT2D eigenvalue weighted by Gasteiger charge is 2.20. The van der Waals surface area contributed by atoms with Gasteiger partial charge in [-0.1, -0.05) is 30.3 Å². The van der Waals surface area contributed by atoms with E-state index in [0.717, 1.165) is 5.56 Å². The lowest BCUT2D eigenvalue weighted by molar-refractivity contribution is 0.0709. The summed E-state index contributed by atoms with van der Waals surface area (Å²) in [6.45, 7) is 0.330. The number of carbonyl (C=O) groups is 1. The number of aliphatic hydroxyl groups is 1. The molecule has 2 N–H and O–H groups in total. The number of benzene rings is 2. The first kappa shape index (κ1) is 15.2. The second-order valence-corrected chi connectivity index (χ2v) is 5.19. The summed E-state index contributed by atoms with van der Waals surface area (Å²) in [6, 6.07) is 11.9. The number of aromatic nitrogens is 2. The van der Waals surface area contributed by atoms with E-state index in [9.17, 15) is 14.3 Å². The van der Waals surface area contributed by atoms with Gasteiger partial charge in [0.1, 0.15) is 11.3 Å². The van der Waals surface area contributed by atoms with Crippen LogP contribution in [0.15, 0.2) is 48.8 Å². The van der Waals surface area contributed by atoms with Crippen molar-refractivity contribution in [3.05, 3.63) is 65.7 Å². The first-order chi connectivity index (χ1) is 11.2. The molecule has 0 aliphatic carbocycles. The molecule has 0 unspecified atom stereocenters. The number of carbonyl (C=O) groups excluding carboxylic acids is 1. The maximum Gasteiger partial charge on any atom is 0.256 e. The number of nitrogens with one attached hydrogen (secondary N) is 1. The summed E-state index contributed by atoms with van der Waals surface area (Å²) < 4.78 is 13.7. The lowest BCUT2D eigenvalue weighted by atomic mass is 10.1. The fourth-order valence-electron chi connectivity index (χ4n) is 2.53. The minimum atomic E-state index is -0.506. The standard InChI is InChI=1S/C17H16FN3O2/c18-13-8-14(16-15(9-13)19-11-20-16)17(23)21(6-7-22)10-12-4-2-1-3-5-12/h1-5,8-9,11,22H,6-7,10H2,(H,19,20). The Morgan fingerprint density at radius 3 is 2.78 bits per heavy atom. The smallest absolute Gasteiger partial charge is 0.256 e. The van der Waals surface area contributed by atoms with E-state index in [4.69, 9.17) is 0 Å². The average Bonchev–Trinajstić information content (AvgIpc) is 3.02. The number of hydrogen-bond acceptors (Lipinski definition) is 3. The van der Waals surface area contributed by atoms with Crippen LogP contribution in [0, 0.1) is 5.82 Å². The van der Waals surface area contributed by atoms with E-state index in [0.29, 0.717) is 17.6 Å². The molecule has 1 aromatic heterocycles. The predicted octanol–water partition coefficient (Wildman–Crippen LogP) is 2.34. The van der Waals surface area contributed by atoms with Crippen LogP contribution in [-0.2, 0) is 6.54 Å². The number of halogens is 1. The Labute approximate surface area is 132 Å². The summed E-state index contributed by atoms with van der Waals surface area (Å²) in [7, 11) is 0. The SMILES string of the molecule is O=C(c1cc(F)cc2[nH]cnc12)N(CCO)Cc1ccccc1. The number of rotatable bonds is 5. The van der Waals surface area contributed by atoms with Gasteiger partial charge >= 0.3 is 0 Å². The van der Waals surface area contributed by atoms with E-state index in [2.05, 4.69) is 9.97 Å². The van der Waals surface area contributed by atoms with E-state index >= 15 is 0 Å². The zero-order valence-electron chi connectivity index (χ0n) is 12.4. The molecule has 0 aliphatic heterocycles. The summed E-state index contributed by atoms with van der Waals surface area (Å²) in [5.74, 6) is -0.867. The number of aromatic amines is 1. The summed E-state index contributed by atoms with van der Waals surface area (Å²) in [5, 5.41) is 9.25. The van der Waals surface area contributed by atoms with Crippen LogP contribution < -0.4 is 0 Å². The Hall–Kier alpha value is -2.73. The summed E-state index contributed by atoms with van der Waals surface area (Å²) in [5.41, 5.74) is 2.01. The predicted molar refractivity (Wildman–Crippen MR) is 84.3 cm³/mol. The lowest BCUT2D eigenvalue weighted by Gasteiger charge is -2.22. The first-order valence-electron chi connectivity index (χ1n) is 7.25. The summed E-state index contributed by atoms with van der Waals surface area (Å²) in [6.07, 6.45) is 1.43. The van der Waals surface area contributed by atoms with Gasteiger partial charge in [0.15, 0.2) is 0 Å². The molecule has 0 saturated carbocycles. The van der Waals surface area contributed by atoms with Gasteiger partial charge in [-0.3, -0.25) is 4.79 Å². The molecule has 0 radical (unpaired) electrons. The second-order valence-electron chi connectivity index (χ2n) is 5.19. The van der Waals surface area contributed by atoms with Gasteiger partial charge in [-0.15, -0.1) is 0 Å². The van der Waals surface area contributed by atoms with E-state index in [1.807, 2.05) is 30.3 Å². The Bertz CT molecular complexity index is 817. The fraction of sp³-hybridized carbons (Fsp3) is 0.176. The highest BCUT2D eigenvalue weighted by atomic mass is 19.1. The molecular weight excluding hydrogens is 297 g/mol. The van der Waals surface area contributed by atoms with Gasteiger partial charge in [0.25, 0.3) is 5.91 Å². The van der Waals surface area contributed by atoms with E-state index in [1.165, 1.54) is 23.4 Å². The molecule has 0 spiro atoms. The molecule has 1 amide bonds. The number of hydrogen-bond donors (Lipinski definition) is 2. The number of H-pyrrole nitrogens is 1. The van der Waals surface area contributed by atoms with Crippen LogP contribution >= 0.6 is 0 Å². The fourth-order valence-corrected chi connectivity index (χ4v) is 2.53. The minimum Gasteiger partial charge on any atom is -0.395 e. The van der Waals surface area contributed by atoms with Crippen LogP contribution in [0.4, 0.5) is 4.39 Å². The molecule has 0 atom stereocenters. The third kappa shape index (κ3) is 3.22. The van der Waals surface area contributed by atoms with Crippen molar-refractivity contribution in [3.63, 3.8) is 0 Å². The van der Waals surface area contributed by atoms with Crippen molar-refractivity contribution >= 4 is 16.9 Å². The molecule has 0 bridgehead atoms. The van der Waals surface area contributed by atoms with Crippen LogP contribution in [0.5, 0.6) is 0 Å². The molecule has 0 aliphatic rings. The largest absolute Gasteiger partial charge is 0.395 e. The van der Waals surface area contributed by atoms with Gasteiger partial charge in [-0.2, -0.15) is 0 Å². The van der Waals surface area contributed by atoms with Crippen LogP contribution in [-0.4, -0.2) is 39.0 Å². The first-order valence-corrected chi connectivity index (χ1v) is 7.25. The van der Waals surface area contributed by atoms with Crippen molar-refractivity contribution in [1.29, 1.82) is 0 Å². The van der Waals surface area contributed by atoms with Crippen molar-refractivity contribution in [1.82, 2.24) is 14.9 Å². The highest BCUT2D eigenvalue weighted by Crippen LogP contribution is 2.20. The number of nitrogens with zero attached hydrogens (tertiary/aromatic N) is 2. The Morgan fingerprint density at radius 1 is 1.26 bits per heavy atom. The Balaban J connectivity index is 1.95. The zero-order valence-corrected chi connectivity index (χ0v) is 12.4. The second kappa shape index (κ2) is 6.58. The van der Waals surface area contributed by atoms with E-state index < -0.39 is 5.82 Å². The third-order valence-corrected chi connectivity index (χ3v) is 3.59. The molecular formula is C17H16FN3O2. The normalized spacial score (nSPS) is 10.9. The lowest BCUT2D eigenvalue weighted by Crippen LogP contribution is -2.33. The van der Waals surface area contributed by atoms with Crippen LogP contribution in [0.25, 0.3) is 11.0 Å². The topological polar surface area (TPSA) is 69.2 Å². The molecule has 3 rings (SSSR count).